The third-order valence-electron chi connectivity index (χ3n) is 3.64. The van der Waals surface area contributed by atoms with Crippen molar-refractivity contribution >= 4 is 27.6 Å². The van der Waals surface area contributed by atoms with Crippen molar-refractivity contribution in [2.24, 2.45) is 10.7 Å². The average Bonchev–Trinajstić information content (AvgIpc) is 2.82. The summed E-state index contributed by atoms with van der Waals surface area (Å²) in [6.07, 6.45) is 0. The molecule has 2 aromatic rings. The standard InChI is InChI=1S/C16H16BrN3/c1-11-6-2-3-7-12(11)15-10-19-16(18)20(15)14-9-5-4-8-13(14)17/h2-9,15H,10H2,1H3,(H2,18,19). The van der Waals surface area contributed by atoms with Crippen LogP contribution in [0.4, 0.5) is 5.69 Å². The molecule has 3 rings (SSSR count). The zero-order chi connectivity index (χ0) is 14.1. The van der Waals surface area contributed by atoms with E-state index >= 15 is 0 Å². The van der Waals surface area contributed by atoms with Gasteiger partial charge in [-0.1, -0.05) is 36.4 Å². The number of para-hydroxylation sites is 1. The summed E-state index contributed by atoms with van der Waals surface area (Å²) >= 11 is 3.60. The Labute approximate surface area is 127 Å². The van der Waals surface area contributed by atoms with Crippen molar-refractivity contribution in [3.63, 3.8) is 0 Å². The lowest BCUT2D eigenvalue weighted by atomic mass is 10.0. The van der Waals surface area contributed by atoms with E-state index in [0.717, 1.165) is 10.2 Å². The third-order valence-corrected chi connectivity index (χ3v) is 4.31. The molecule has 4 heteroatoms. The van der Waals surface area contributed by atoms with Crippen molar-refractivity contribution in [1.29, 1.82) is 0 Å². The van der Waals surface area contributed by atoms with Crippen molar-refractivity contribution in [2.75, 3.05) is 11.4 Å². The van der Waals surface area contributed by atoms with Crippen molar-refractivity contribution in [3.8, 4) is 0 Å². The van der Waals surface area contributed by atoms with Crippen LogP contribution in [0.2, 0.25) is 0 Å². The van der Waals surface area contributed by atoms with Crippen molar-refractivity contribution < 1.29 is 0 Å². The molecule has 0 saturated heterocycles. The number of hydrogen-bond acceptors (Lipinski definition) is 3. The van der Waals surface area contributed by atoms with E-state index < -0.39 is 0 Å². The lowest BCUT2D eigenvalue weighted by Crippen LogP contribution is -2.36. The summed E-state index contributed by atoms with van der Waals surface area (Å²) in [6.45, 7) is 2.82. The quantitative estimate of drug-likeness (QED) is 0.913. The first-order valence-electron chi connectivity index (χ1n) is 6.57. The molecule has 0 amide bonds. The van der Waals surface area contributed by atoms with Crippen LogP contribution in [0.15, 0.2) is 58.0 Å². The van der Waals surface area contributed by atoms with Crippen LogP contribution < -0.4 is 10.6 Å². The molecule has 0 saturated carbocycles. The maximum atomic E-state index is 6.11. The molecule has 1 atom stereocenters. The second-order valence-electron chi connectivity index (χ2n) is 4.89. The van der Waals surface area contributed by atoms with Gasteiger partial charge in [0.2, 0.25) is 0 Å². The van der Waals surface area contributed by atoms with E-state index in [1.165, 1.54) is 11.1 Å². The monoisotopic (exact) mass is 329 g/mol. The number of nitrogens with zero attached hydrogens (tertiary/aromatic N) is 2. The Kier molecular flexibility index (Phi) is 3.49. The highest BCUT2D eigenvalue weighted by atomic mass is 79.9. The number of halogens is 1. The number of hydrogen-bond donors (Lipinski definition) is 1. The van der Waals surface area contributed by atoms with Crippen LogP contribution in [-0.4, -0.2) is 12.5 Å². The van der Waals surface area contributed by atoms with Gasteiger partial charge in [-0.2, -0.15) is 0 Å². The number of aryl methyl sites for hydroxylation is 1. The molecular formula is C16H16BrN3. The molecule has 0 spiro atoms. The normalized spacial score (nSPS) is 18.2. The molecule has 2 aromatic carbocycles. The minimum absolute atomic E-state index is 0.162. The van der Waals surface area contributed by atoms with Gasteiger partial charge in [-0.3, -0.25) is 4.99 Å². The van der Waals surface area contributed by atoms with Crippen molar-refractivity contribution in [1.82, 2.24) is 0 Å². The van der Waals surface area contributed by atoms with E-state index in [2.05, 4.69) is 63.1 Å². The Balaban J connectivity index is 2.06. The van der Waals surface area contributed by atoms with Crippen molar-refractivity contribution in [2.45, 2.75) is 13.0 Å². The molecule has 0 aromatic heterocycles. The fourth-order valence-electron chi connectivity index (χ4n) is 2.63. The zero-order valence-corrected chi connectivity index (χ0v) is 12.8. The van der Waals surface area contributed by atoms with Gasteiger partial charge in [-0.05, 0) is 46.1 Å². The van der Waals surface area contributed by atoms with Gasteiger partial charge in [0, 0.05) is 4.47 Å². The van der Waals surface area contributed by atoms with Gasteiger partial charge in [-0.25, -0.2) is 0 Å². The predicted molar refractivity (Wildman–Crippen MR) is 87.0 cm³/mol. The lowest BCUT2D eigenvalue weighted by Gasteiger charge is -2.28. The van der Waals surface area contributed by atoms with Crippen LogP contribution in [0.1, 0.15) is 17.2 Å². The molecule has 102 valence electrons. The number of nitrogens with two attached hydrogens (primary N) is 1. The Morgan fingerprint density at radius 2 is 1.85 bits per heavy atom. The molecule has 20 heavy (non-hydrogen) atoms. The summed E-state index contributed by atoms with van der Waals surface area (Å²) in [7, 11) is 0. The zero-order valence-electron chi connectivity index (χ0n) is 11.3. The molecule has 1 unspecified atom stereocenters. The second-order valence-corrected chi connectivity index (χ2v) is 5.75. The average molecular weight is 330 g/mol. The summed E-state index contributed by atoms with van der Waals surface area (Å²) in [5.41, 5.74) is 9.70. The number of aliphatic imine (C=N–C) groups is 1. The highest BCUT2D eigenvalue weighted by Gasteiger charge is 2.30. The molecule has 1 aliphatic rings. The number of guanidine groups is 1. The summed E-state index contributed by atoms with van der Waals surface area (Å²) in [6, 6.07) is 16.7. The highest BCUT2D eigenvalue weighted by molar-refractivity contribution is 9.10. The Hall–Kier alpha value is -1.81. The van der Waals surface area contributed by atoms with Crippen LogP contribution in [0, 0.1) is 6.92 Å². The summed E-state index contributed by atoms with van der Waals surface area (Å²) in [5.74, 6) is 0.574. The molecule has 3 nitrogen and oxygen atoms in total. The lowest BCUT2D eigenvalue weighted by molar-refractivity contribution is 0.761. The Bertz CT molecular complexity index is 666. The van der Waals surface area contributed by atoms with E-state index in [4.69, 9.17) is 5.73 Å². The minimum Gasteiger partial charge on any atom is -0.369 e. The summed E-state index contributed by atoms with van der Waals surface area (Å²) in [4.78, 5) is 6.54. The van der Waals surface area contributed by atoms with E-state index in [-0.39, 0.29) is 6.04 Å². The molecule has 0 bridgehead atoms. The largest absolute Gasteiger partial charge is 0.369 e. The van der Waals surface area contributed by atoms with Crippen LogP contribution in [-0.2, 0) is 0 Å². The molecule has 1 aliphatic heterocycles. The van der Waals surface area contributed by atoms with E-state index in [9.17, 15) is 0 Å². The maximum Gasteiger partial charge on any atom is 0.196 e. The van der Waals surface area contributed by atoms with Gasteiger partial charge in [0.1, 0.15) is 0 Å². The number of benzene rings is 2. The first-order chi connectivity index (χ1) is 9.68. The molecular weight excluding hydrogens is 314 g/mol. The Morgan fingerprint density at radius 3 is 2.60 bits per heavy atom. The maximum absolute atomic E-state index is 6.11. The molecule has 0 radical (unpaired) electrons. The van der Waals surface area contributed by atoms with Crippen LogP contribution in [0.25, 0.3) is 0 Å². The molecule has 1 heterocycles. The number of anilines is 1. The highest BCUT2D eigenvalue weighted by Crippen LogP contribution is 2.36. The minimum atomic E-state index is 0.162. The van der Waals surface area contributed by atoms with Crippen LogP contribution >= 0.6 is 15.9 Å². The smallest absolute Gasteiger partial charge is 0.196 e. The first-order valence-corrected chi connectivity index (χ1v) is 7.37. The van der Waals surface area contributed by atoms with Gasteiger partial charge >= 0.3 is 0 Å². The topological polar surface area (TPSA) is 41.6 Å². The molecule has 2 N–H and O–H groups in total. The van der Waals surface area contributed by atoms with Gasteiger partial charge in [0.05, 0.1) is 18.3 Å². The SMILES string of the molecule is Cc1ccccc1C1CN=C(N)N1c1ccccc1Br. The van der Waals surface area contributed by atoms with Gasteiger partial charge in [0.15, 0.2) is 5.96 Å². The molecule has 0 aliphatic carbocycles. The van der Waals surface area contributed by atoms with E-state index in [0.29, 0.717) is 12.5 Å². The Morgan fingerprint density at radius 1 is 1.15 bits per heavy atom. The molecule has 0 fully saturated rings. The van der Waals surface area contributed by atoms with Gasteiger partial charge < -0.3 is 10.6 Å². The second kappa shape index (κ2) is 5.29. The van der Waals surface area contributed by atoms with Crippen LogP contribution in [0.3, 0.4) is 0 Å². The van der Waals surface area contributed by atoms with Crippen molar-refractivity contribution in [3.05, 3.63) is 64.1 Å². The third kappa shape index (κ3) is 2.20. The summed E-state index contributed by atoms with van der Waals surface area (Å²) < 4.78 is 1.03. The summed E-state index contributed by atoms with van der Waals surface area (Å²) in [5, 5.41) is 0. The van der Waals surface area contributed by atoms with Crippen LogP contribution in [0.5, 0.6) is 0 Å². The van der Waals surface area contributed by atoms with Gasteiger partial charge in [0.25, 0.3) is 0 Å². The number of rotatable bonds is 2. The predicted octanol–water partition coefficient (Wildman–Crippen LogP) is 3.63. The first kappa shape index (κ1) is 13.2. The van der Waals surface area contributed by atoms with Gasteiger partial charge in [-0.15, -0.1) is 0 Å². The van der Waals surface area contributed by atoms with E-state index in [1.54, 1.807) is 0 Å². The fraction of sp³-hybridized carbons (Fsp3) is 0.188. The fourth-order valence-corrected chi connectivity index (χ4v) is 3.11. The van der Waals surface area contributed by atoms with E-state index in [1.807, 2.05) is 18.2 Å².